The molecule has 0 radical (unpaired) electrons. The van der Waals surface area contributed by atoms with Crippen molar-refractivity contribution in [3.63, 3.8) is 0 Å². The Labute approximate surface area is 148 Å². The normalized spacial score (nSPS) is 18.7. The van der Waals surface area contributed by atoms with E-state index in [9.17, 15) is 0 Å². The van der Waals surface area contributed by atoms with Crippen LogP contribution in [0.4, 0.5) is 0 Å². The smallest absolute Gasteiger partial charge is 0.0399 e. The molecule has 1 aliphatic rings. The molecule has 0 aliphatic carbocycles. The largest absolute Gasteiger partial charge is 0.0844 e. The standard InChI is InChI=1S/C21H30ClP/c1-13(2)17-10-18(14(3)4)21(19(11-17)15(5)6)23-9-8-20(22)16(7)12-23/h8,10-15H,9H2,1-7H3. The van der Waals surface area contributed by atoms with Crippen molar-refractivity contribution in [2.75, 3.05) is 6.16 Å². The molecule has 1 aliphatic heterocycles. The fourth-order valence-corrected chi connectivity index (χ4v) is 6.12. The van der Waals surface area contributed by atoms with Crippen molar-refractivity contribution < 1.29 is 0 Å². The van der Waals surface area contributed by atoms with Crippen LogP contribution in [0.3, 0.4) is 0 Å². The average molecular weight is 349 g/mol. The lowest BCUT2D eigenvalue weighted by Crippen LogP contribution is -2.19. The van der Waals surface area contributed by atoms with E-state index in [1.807, 2.05) is 0 Å². The summed E-state index contributed by atoms with van der Waals surface area (Å²) in [6.07, 6.45) is 3.29. The molecule has 0 saturated carbocycles. The summed E-state index contributed by atoms with van der Waals surface area (Å²) in [7, 11) is -0.294. The third kappa shape index (κ3) is 4.09. The van der Waals surface area contributed by atoms with Crippen LogP contribution in [0, 0.1) is 0 Å². The number of allylic oxidation sites excluding steroid dienone is 3. The van der Waals surface area contributed by atoms with Gasteiger partial charge in [0.25, 0.3) is 0 Å². The average Bonchev–Trinajstić information content (AvgIpc) is 2.48. The van der Waals surface area contributed by atoms with E-state index >= 15 is 0 Å². The van der Waals surface area contributed by atoms with Crippen LogP contribution in [0.25, 0.3) is 0 Å². The Hall–Kier alpha value is -0.580. The molecule has 1 atom stereocenters. The summed E-state index contributed by atoms with van der Waals surface area (Å²) in [6.45, 7) is 16.0. The molecule has 23 heavy (non-hydrogen) atoms. The molecule has 0 bridgehead atoms. The molecule has 1 heterocycles. The van der Waals surface area contributed by atoms with Gasteiger partial charge in [-0.15, -0.1) is 0 Å². The van der Waals surface area contributed by atoms with Gasteiger partial charge in [-0.2, -0.15) is 0 Å². The maximum atomic E-state index is 6.29. The third-order valence-corrected chi connectivity index (χ3v) is 7.40. The van der Waals surface area contributed by atoms with Crippen LogP contribution in [0.2, 0.25) is 0 Å². The predicted octanol–water partition coefficient (Wildman–Crippen LogP) is 7.20. The molecule has 1 aromatic rings. The Kier molecular flexibility index (Phi) is 6.15. The van der Waals surface area contributed by atoms with Gasteiger partial charge in [-0.05, 0) is 66.3 Å². The Balaban J connectivity index is 2.65. The van der Waals surface area contributed by atoms with Gasteiger partial charge in [-0.3, -0.25) is 0 Å². The zero-order chi connectivity index (χ0) is 17.3. The van der Waals surface area contributed by atoms with Gasteiger partial charge < -0.3 is 0 Å². The summed E-state index contributed by atoms with van der Waals surface area (Å²) in [5.41, 5.74) is 5.80. The van der Waals surface area contributed by atoms with E-state index < -0.39 is 0 Å². The van der Waals surface area contributed by atoms with E-state index in [2.05, 4.69) is 72.5 Å². The summed E-state index contributed by atoms with van der Waals surface area (Å²) in [5, 5.41) is 2.54. The molecular formula is C21H30ClP. The maximum Gasteiger partial charge on any atom is 0.0399 e. The van der Waals surface area contributed by atoms with E-state index in [0.29, 0.717) is 17.8 Å². The number of benzene rings is 1. The van der Waals surface area contributed by atoms with Crippen LogP contribution >= 0.6 is 19.5 Å². The fraction of sp³-hybridized carbons (Fsp3) is 0.524. The predicted molar refractivity (Wildman–Crippen MR) is 108 cm³/mol. The Morgan fingerprint density at radius 1 is 0.913 bits per heavy atom. The summed E-state index contributed by atoms with van der Waals surface area (Å²) >= 11 is 6.29. The Bertz CT molecular complexity index is 606. The number of halogens is 1. The zero-order valence-electron chi connectivity index (χ0n) is 15.6. The molecule has 1 unspecified atom stereocenters. The minimum atomic E-state index is -0.294. The first-order valence-corrected chi connectivity index (χ1v) is 10.7. The van der Waals surface area contributed by atoms with Crippen molar-refractivity contribution in [2.24, 2.45) is 0 Å². The van der Waals surface area contributed by atoms with Gasteiger partial charge in [0.2, 0.25) is 0 Å². The Morgan fingerprint density at radius 3 is 1.83 bits per heavy atom. The minimum absolute atomic E-state index is 0.294. The first-order chi connectivity index (χ1) is 10.7. The molecule has 0 amide bonds. The SMILES string of the molecule is CC1=CP(c2c(C(C)C)cc(C(C)C)cc2C(C)C)CC=C1Cl. The highest BCUT2D eigenvalue weighted by atomic mass is 35.5. The molecule has 126 valence electrons. The second-order valence-corrected chi connectivity index (χ2v) is 9.95. The van der Waals surface area contributed by atoms with E-state index in [0.717, 1.165) is 11.2 Å². The van der Waals surface area contributed by atoms with Crippen LogP contribution in [-0.2, 0) is 0 Å². The molecular weight excluding hydrogens is 319 g/mol. The zero-order valence-corrected chi connectivity index (χ0v) is 17.2. The van der Waals surface area contributed by atoms with E-state index in [1.165, 1.54) is 11.1 Å². The molecule has 1 aromatic carbocycles. The van der Waals surface area contributed by atoms with Crippen molar-refractivity contribution in [3.8, 4) is 0 Å². The first kappa shape index (κ1) is 18.8. The maximum absolute atomic E-state index is 6.29. The summed E-state index contributed by atoms with van der Waals surface area (Å²) in [6, 6.07) is 4.92. The van der Waals surface area contributed by atoms with Crippen molar-refractivity contribution in [1.82, 2.24) is 0 Å². The van der Waals surface area contributed by atoms with Crippen LogP contribution in [0.1, 0.15) is 82.9 Å². The third-order valence-electron chi connectivity index (χ3n) is 4.58. The van der Waals surface area contributed by atoms with E-state index in [4.69, 9.17) is 11.6 Å². The monoisotopic (exact) mass is 348 g/mol. The summed E-state index contributed by atoms with van der Waals surface area (Å²) < 4.78 is 0. The molecule has 0 fully saturated rings. The van der Waals surface area contributed by atoms with Crippen LogP contribution in [0.5, 0.6) is 0 Å². The summed E-state index contributed by atoms with van der Waals surface area (Å²) in [5.74, 6) is 4.11. The first-order valence-electron chi connectivity index (χ1n) is 8.71. The topological polar surface area (TPSA) is 0 Å². The van der Waals surface area contributed by atoms with Gasteiger partial charge in [-0.1, -0.05) is 77.2 Å². The van der Waals surface area contributed by atoms with Crippen molar-refractivity contribution in [3.05, 3.63) is 51.3 Å². The highest BCUT2D eigenvalue weighted by Crippen LogP contribution is 2.47. The highest BCUT2D eigenvalue weighted by Gasteiger charge is 2.23. The van der Waals surface area contributed by atoms with E-state index in [1.54, 1.807) is 16.4 Å². The van der Waals surface area contributed by atoms with Gasteiger partial charge in [0, 0.05) is 5.03 Å². The van der Waals surface area contributed by atoms with Crippen molar-refractivity contribution in [1.29, 1.82) is 0 Å². The quantitative estimate of drug-likeness (QED) is 0.504. The molecule has 2 rings (SSSR count). The van der Waals surface area contributed by atoms with Crippen LogP contribution in [0.15, 0.2) is 34.6 Å². The van der Waals surface area contributed by atoms with E-state index in [-0.39, 0.29) is 7.92 Å². The van der Waals surface area contributed by atoms with Crippen molar-refractivity contribution >= 4 is 24.8 Å². The number of rotatable bonds is 4. The second kappa shape index (κ2) is 7.54. The molecule has 0 aromatic heterocycles. The molecule has 0 N–H and O–H groups in total. The van der Waals surface area contributed by atoms with Crippen LogP contribution in [-0.4, -0.2) is 6.16 Å². The van der Waals surface area contributed by atoms with Crippen LogP contribution < -0.4 is 5.30 Å². The summed E-state index contributed by atoms with van der Waals surface area (Å²) in [4.78, 5) is 0. The van der Waals surface area contributed by atoms with Gasteiger partial charge in [-0.25, -0.2) is 0 Å². The Morgan fingerprint density at radius 2 is 1.43 bits per heavy atom. The highest BCUT2D eigenvalue weighted by molar-refractivity contribution is 7.69. The van der Waals surface area contributed by atoms with Gasteiger partial charge >= 0.3 is 0 Å². The lowest BCUT2D eigenvalue weighted by Gasteiger charge is -2.28. The van der Waals surface area contributed by atoms with Gasteiger partial charge in [0.1, 0.15) is 0 Å². The number of hydrogen-bond acceptors (Lipinski definition) is 0. The van der Waals surface area contributed by atoms with Gasteiger partial charge in [0.15, 0.2) is 0 Å². The second-order valence-electron chi connectivity index (χ2n) is 7.53. The number of hydrogen-bond donors (Lipinski definition) is 0. The molecule has 0 nitrogen and oxygen atoms in total. The lowest BCUT2D eigenvalue weighted by molar-refractivity contribution is 0.813. The van der Waals surface area contributed by atoms with Crippen molar-refractivity contribution in [2.45, 2.75) is 66.2 Å². The molecule has 0 saturated heterocycles. The van der Waals surface area contributed by atoms with Gasteiger partial charge in [0.05, 0.1) is 0 Å². The fourth-order valence-electron chi connectivity index (χ4n) is 3.09. The minimum Gasteiger partial charge on any atom is -0.0844 e. The lowest BCUT2D eigenvalue weighted by atomic mass is 9.89. The molecule has 2 heteroatoms. The molecule has 0 spiro atoms.